The summed E-state index contributed by atoms with van der Waals surface area (Å²) in [7, 11) is 0. The van der Waals surface area contributed by atoms with E-state index >= 15 is 0 Å². The molecule has 21 heavy (non-hydrogen) atoms. The summed E-state index contributed by atoms with van der Waals surface area (Å²) in [4.78, 5) is 11.3. The molecule has 0 aromatic heterocycles. The van der Waals surface area contributed by atoms with Crippen molar-refractivity contribution >= 4 is 46.2 Å². The third-order valence-electron chi connectivity index (χ3n) is 2.95. The van der Waals surface area contributed by atoms with Gasteiger partial charge in [0.2, 0.25) is 0 Å². The van der Waals surface area contributed by atoms with E-state index in [0.717, 1.165) is 11.6 Å². The van der Waals surface area contributed by atoms with Crippen molar-refractivity contribution in [1.29, 1.82) is 0 Å². The van der Waals surface area contributed by atoms with Gasteiger partial charge in [0.25, 0.3) is 0 Å². The van der Waals surface area contributed by atoms with Gasteiger partial charge in [0.15, 0.2) is 0 Å². The van der Waals surface area contributed by atoms with Crippen molar-refractivity contribution in [1.82, 2.24) is 0 Å². The summed E-state index contributed by atoms with van der Waals surface area (Å²) in [5.74, 6) is -2.16. The van der Waals surface area contributed by atoms with Gasteiger partial charge >= 0.3 is 5.97 Å². The minimum atomic E-state index is -1.35. The summed E-state index contributed by atoms with van der Waals surface area (Å²) in [5.41, 5.74) is 5.87. The first kappa shape index (κ1) is 15.4. The monoisotopic (exact) mass is 328 g/mol. The molecular formula is C14H11Cl2FN2O2. The number of aryl methyl sites for hydroxylation is 1. The molecule has 7 heteroatoms. The van der Waals surface area contributed by atoms with Gasteiger partial charge in [0, 0.05) is 0 Å². The fourth-order valence-corrected chi connectivity index (χ4v) is 2.30. The van der Waals surface area contributed by atoms with E-state index in [9.17, 15) is 14.3 Å². The number of halogens is 3. The van der Waals surface area contributed by atoms with Gasteiger partial charge in [-0.1, -0.05) is 29.3 Å². The molecule has 2 aromatic carbocycles. The van der Waals surface area contributed by atoms with Crippen LogP contribution in [0.3, 0.4) is 0 Å². The van der Waals surface area contributed by atoms with Crippen LogP contribution < -0.4 is 11.1 Å². The second-order valence-electron chi connectivity index (χ2n) is 4.37. The Morgan fingerprint density at radius 2 is 1.95 bits per heavy atom. The number of carboxylic acids is 1. The summed E-state index contributed by atoms with van der Waals surface area (Å²) in [6.07, 6.45) is 0. The molecule has 0 bridgehead atoms. The maximum atomic E-state index is 13.4. The third kappa shape index (κ3) is 2.89. The highest BCUT2D eigenvalue weighted by Crippen LogP contribution is 2.37. The molecule has 0 heterocycles. The number of carbonyl (C=O) groups is 1. The van der Waals surface area contributed by atoms with Crippen molar-refractivity contribution in [2.24, 2.45) is 0 Å². The number of nitrogens with two attached hydrogens (primary N) is 1. The Kier molecular flexibility index (Phi) is 4.25. The molecule has 0 aliphatic rings. The zero-order valence-electron chi connectivity index (χ0n) is 10.9. The first-order valence-electron chi connectivity index (χ1n) is 5.85. The lowest BCUT2D eigenvalue weighted by atomic mass is 10.1. The number of aromatic carboxylic acids is 1. The first-order chi connectivity index (χ1) is 9.82. The maximum Gasteiger partial charge on any atom is 0.340 e. The molecule has 2 rings (SSSR count). The van der Waals surface area contributed by atoms with Gasteiger partial charge in [-0.25, -0.2) is 9.18 Å². The SMILES string of the molecule is Cc1ccc(Cl)c(Nc2ccc(F)c(N)c2C(=O)O)c1Cl. The predicted molar refractivity (Wildman–Crippen MR) is 82.3 cm³/mol. The van der Waals surface area contributed by atoms with Crippen LogP contribution in [0, 0.1) is 12.7 Å². The van der Waals surface area contributed by atoms with Crippen LogP contribution in [0.25, 0.3) is 0 Å². The van der Waals surface area contributed by atoms with Crippen molar-refractivity contribution in [2.45, 2.75) is 6.92 Å². The van der Waals surface area contributed by atoms with Gasteiger partial charge < -0.3 is 16.2 Å². The first-order valence-corrected chi connectivity index (χ1v) is 6.61. The summed E-state index contributed by atoms with van der Waals surface area (Å²) in [6, 6.07) is 5.69. The second kappa shape index (κ2) is 5.79. The smallest absolute Gasteiger partial charge is 0.340 e. The normalized spacial score (nSPS) is 10.5. The number of carboxylic acid groups (broad SMARTS) is 1. The fraction of sp³-hybridized carbons (Fsp3) is 0.0714. The van der Waals surface area contributed by atoms with E-state index in [2.05, 4.69) is 5.32 Å². The summed E-state index contributed by atoms with van der Waals surface area (Å²) >= 11 is 12.2. The van der Waals surface area contributed by atoms with Crippen molar-refractivity contribution in [2.75, 3.05) is 11.1 Å². The van der Waals surface area contributed by atoms with Crippen molar-refractivity contribution in [3.05, 3.63) is 51.3 Å². The summed E-state index contributed by atoms with van der Waals surface area (Å²) in [5, 5.41) is 12.7. The molecule has 0 fully saturated rings. The van der Waals surface area contributed by atoms with Crippen LogP contribution in [0.5, 0.6) is 0 Å². The Bertz CT molecular complexity index is 735. The number of benzene rings is 2. The maximum absolute atomic E-state index is 13.4. The predicted octanol–water partition coefficient (Wildman–Crippen LogP) is 4.46. The third-order valence-corrected chi connectivity index (χ3v) is 3.75. The molecule has 4 nitrogen and oxygen atoms in total. The number of nitrogens with one attached hydrogen (secondary N) is 1. The van der Waals surface area contributed by atoms with Crippen molar-refractivity contribution < 1.29 is 14.3 Å². The number of hydrogen-bond donors (Lipinski definition) is 3. The van der Waals surface area contributed by atoms with Crippen LogP contribution in [0.1, 0.15) is 15.9 Å². The molecule has 0 aliphatic carbocycles. The average Bonchev–Trinajstić information content (AvgIpc) is 2.42. The van der Waals surface area contributed by atoms with Crippen LogP contribution in [0.4, 0.5) is 21.5 Å². The van der Waals surface area contributed by atoms with Gasteiger partial charge in [-0.15, -0.1) is 0 Å². The molecular weight excluding hydrogens is 318 g/mol. The molecule has 0 saturated carbocycles. The lowest BCUT2D eigenvalue weighted by Gasteiger charge is -2.15. The standard InChI is InChI=1S/C14H11Cl2FN2O2/c1-6-2-3-7(15)13(11(6)16)19-9-5-4-8(17)12(18)10(9)14(20)21/h2-5,19H,18H2,1H3,(H,20,21). The Morgan fingerprint density at radius 3 is 2.57 bits per heavy atom. The Morgan fingerprint density at radius 1 is 1.29 bits per heavy atom. The number of hydrogen-bond acceptors (Lipinski definition) is 3. The molecule has 0 aliphatic heterocycles. The highest BCUT2D eigenvalue weighted by molar-refractivity contribution is 6.39. The number of anilines is 3. The fourth-order valence-electron chi connectivity index (χ4n) is 1.83. The van der Waals surface area contributed by atoms with E-state index in [4.69, 9.17) is 28.9 Å². The number of nitrogen functional groups attached to an aromatic ring is 1. The van der Waals surface area contributed by atoms with E-state index in [1.54, 1.807) is 19.1 Å². The largest absolute Gasteiger partial charge is 0.478 e. The van der Waals surface area contributed by atoms with Crippen LogP contribution in [-0.2, 0) is 0 Å². The Labute approximate surface area is 130 Å². The van der Waals surface area contributed by atoms with Crippen LogP contribution >= 0.6 is 23.2 Å². The van der Waals surface area contributed by atoms with E-state index in [1.165, 1.54) is 6.07 Å². The van der Waals surface area contributed by atoms with Gasteiger partial charge in [0.05, 0.1) is 27.1 Å². The highest BCUT2D eigenvalue weighted by atomic mass is 35.5. The highest BCUT2D eigenvalue weighted by Gasteiger charge is 2.19. The van der Waals surface area contributed by atoms with Gasteiger partial charge in [-0.3, -0.25) is 0 Å². The van der Waals surface area contributed by atoms with Crippen molar-refractivity contribution in [3.8, 4) is 0 Å². The molecule has 0 atom stereocenters. The molecule has 0 unspecified atom stereocenters. The lowest BCUT2D eigenvalue weighted by Crippen LogP contribution is -2.09. The van der Waals surface area contributed by atoms with E-state index in [-0.39, 0.29) is 11.3 Å². The van der Waals surface area contributed by atoms with Crippen LogP contribution in [0.2, 0.25) is 10.0 Å². The Balaban J connectivity index is 2.58. The van der Waals surface area contributed by atoms with Gasteiger partial charge in [-0.2, -0.15) is 0 Å². The zero-order chi connectivity index (χ0) is 15.7. The molecule has 2 aromatic rings. The van der Waals surface area contributed by atoms with Gasteiger partial charge in [-0.05, 0) is 30.7 Å². The molecule has 0 saturated heterocycles. The molecule has 0 radical (unpaired) electrons. The van der Waals surface area contributed by atoms with Crippen LogP contribution in [-0.4, -0.2) is 11.1 Å². The van der Waals surface area contributed by atoms with E-state index in [1.807, 2.05) is 0 Å². The molecule has 0 amide bonds. The molecule has 4 N–H and O–H groups in total. The topological polar surface area (TPSA) is 75.3 Å². The second-order valence-corrected chi connectivity index (χ2v) is 5.15. The summed E-state index contributed by atoms with van der Waals surface area (Å²) < 4.78 is 13.4. The average molecular weight is 329 g/mol. The van der Waals surface area contributed by atoms with E-state index < -0.39 is 17.5 Å². The number of rotatable bonds is 3. The van der Waals surface area contributed by atoms with Crippen LogP contribution in [0.15, 0.2) is 24.3 Å². The quantitative estimate of drug-likeness (QED) is 0.727. The molecule has 0 spiro atoms. The summed E-state index contributed by atoms with van der Waals surface area (Å²) in [6.45, 7) is 1.78. The van der Waals surface area contributed by atoms with E-state index in [0.29, 0.717) is 15.7 Å². The Hall–Kier alpha value is -1.98. The molecule has 110 valence electrons. The minimum Gasteiger partial charge on any atom is -0.478 e. The minimum absolute atomic E-state index is 0.107. The lowest BCUT2D eigenvalue weighted by molar-refractivity contribution is 0.0698. The van der Waals surface area contributed by atoms with Crippen molar-refractivity contribution in [3.63, 3.8) is 0 Å². The zero-order valence-corrected chi connectivity index (χ0v) is 12.4. The van der Waals surface area contributed by atoms with Gasteiger partial charge in [0.1, 0.15) is 11.4 Å².